The Morgan fingerprint density at radius 2 is 1.22 bits per heavy atom. The summed E-state index contributed by atoms with van der Waals surface area (Å²) in [6.45, 7) is 5.79. The summed E-state index contributed by atoms with van der Waals surface area (Å²) in [5.41, 5.74) is 7.82. The Bertz CT molecular complexity index is 972. The summed E-state index contributed by atoms with van der Waals surface area (Å²) in [6.07, 6.45) is 10.9. The van der Waals surface area contributed by atoms with E-state index in [0.29, 0.717) is 6.61 Å². The molecule has 1 fully saturated rings. The van der Waals surface area contributed by atoms with Gasteiger partial charge in [0.1, 0.15) is 0 Å². The highest BCUT2D eigenvalue weighted by atomic mass is 16.5. The first-order chi connectivity index (χ1) is 15.8. The van der Waals surface area contributed by atoms with Gasteiger partial charge in [0.25, 0.3) is 0 Å². The topological polar surface area (TPSA) is 9.23 Å². The highest BCUT2D eigenvalue weighted by Gasteiger charge is 2.20. The van der Waals surface area contributed by atoms with Crippen LogP contribution < -0.4 is 0 Å². The van der Waals surface area contributed by atoms with Gasteiger partial charge in [0, 0.05) is 6.61 Å². The predicted molar refractivity (Wildman–Crippen MR) is 137 cm³/mol. The number of benzene rings is 3. The van der Waals surface area contributed by atoms with Gasteiger partial charge < -0.3 is 4.74 Å². The summed E-state index contributed by atoms with van der Waals surface area (Å²) in [5, 5.41) is 0. The fraction of sp³-hybridized carbons (Fsp3) is 0.355. The molecule has 0 heterocycles. The van der Waals surface area contributed by atoms with E-state index in [1.807, 2.05) is 0 Å². The maximum Gasteiger partial charge on any atom is 0.0716 e. The van der Waals surface area contributed by atoms with Gasteiger partial charge in [-0.1, -0.05) is 91.9 Å². The lowest BCUT2D eigenvalue weighted by Crippen LogP contribution is -2.11. The number of hydrogen-bond acceptors (Lipinski definition) is 1. The Kier molecular flexibility index (Phi) is 7.96. The molecular weight excluding hydrogens is 388 g/mol. The van der Waals surface area contributed by atoms with Crippen molar-refractivity contribution in [3.63, 3.8) is 0 Å². The van der Waals surface area contributed by atoms with Crippen LogP contribution in [0.3, 0.4) is 0 Å². The van der Waals surface area contributed by atoms with Crippen LogP contribution in [0.5, 0.6) is 0 Å². The van der Waals surface area contributed by atoms with Gasteiger partial charge in [0.2, 0.25) is 0 Å². The lowest BCUT2D eigenvalue weighted by molar-refractivity contribution is 0.121. The highest BCUT2D eigenvalue weighted by molar-refractivity contribution is 5.70. The quantitative estimate of drug-likeness (QED) is 0.259. The largest absolute Gasteiger partial charge is 0.377 e. The summed E-state index contributed by atoms with van der Waals surface area (Å²) in [7, 11) is 0. The smallest absolute Gasteiger partial charge is 0.0716 e. The van der Waals surface area contributed by atoms with Crippen LogP contribution in [-0.4, -0.2) is 6.61 Å². The molecule has 0 N–H and O–H groups in total. The van der Waals surface area contributed by atoms with Crippen LogP contribution in [0.25, 0.3) is 22.3 Å². The van der Waals surface area contributed by atoms with Gasteiger partial charge in [-0.25, -0.2) is 0 Å². The van der Waals surface area contributed by atoms with Gasteiger partial charge in [-0.15, -0.1) is 0 Å². The highest BCUT2D eigenvalue weighted by Crippen LogP contribution is 2.37. The molecule has 4 rings (SSSR count). The second kappa shape index (κ2) is 11.3. The van der Waals surface area contributed by atoms with Gasteiger partial charge >= 0.3 is 0 Å². The average Bonchev–Trinajstić information content (AvgIpc) is 2.86. The van der Waals surface area contributed by atoms with Crippen molar-refractivity contribution in [1.29, 1.82) is 0 Å². The molecule has 1 aliphatic rings. The standard InChI is InChI=1S/C31H36O/c1-3-5-24-6-10-26(11-7-24)28-14-18-30(19-15-28)31-20-16-29(17-21-31)27-12-8-25(9-13-27)23-32-22-4-2/h3,5,8-9,12-21,24,26H,4,6-7,10-11,22-23H2,1-2H3. The lowest BCUT2D eigenvalue weighted by atomic mass is 9.78. The van der Waals surface area contributed by atoms with Crippen LogP contribution >= 0.6 is 0 Å². The SMILES string of the molecule is CC=CC1CCC(c2ccc(-c3ccc(-c4ccc(COCCC)cc4)cc3)cc2)CC1. The van der Waals surface area contributed by atoms with Crippen molar-refractivity contribution < 1.29 is 4.74 Å². The minimum Gasteiger partial charge on any atom is -0.377 e. The molecule has 0 radical (unpaired) electrons. The van der Waals surface area contributed by atoms with E-state index in [1.165, 1.54) is 59.1 Å². The fourth-order valence-electron chi connectivity index (χ4n) is 4.85. The Hall–Kier alpha value is -2.64. The van der Waals surface area contributed by atoms with Crippen molar-refractivity contribution in [3.8, 4) is 22.3 Å². The van der Waals surface area contributed by atoms with Crippen molar-refractivity contribution in [1.82, 2.24) is 0 Å². The summed E-state index contributed by atoms with van der Waals surface area (Å²) in [6, 6.07) is 27.0. The van der Waals surface area contributed by atoms with E-state index in [0.717, 1.165) is 24.9 Å². The van der Waals surface area contributed by atoms with Crippen LogP contribution in [0.1, 0.15) is 63.0 Å². The number of allylic oxidation sites excluding steroid dienone is 2. The number of ether oxygens (including phenoxy) is 1. The molecule has 0 saturated heterocycles. The molecule has 0 unspecified atom stereocenters. The second-order valence-corrected chi connectivity index (χ2v) is 9.09. The van der Waals surface area contributed by atoms with Crippen molar-refractivity contribution in [2.24, 2.45) is 5.92 Å². The van der Waals surface area contributed by atoms with Crippen LogP contribution in [0, 0.1) is 5.92 Å². The molecule has 0 atom stereocenters. The first-order valence-electron chi connectivity index (χ1n) is 12.3. The first-order valence-corrected chi connectivity index (χ1v) is 12.3. The number of rotatable bonds is 8. The van der Waals surface area contributed by atoms with Gasteiger partial charge in [-0.2, -0.15) is 0 Å². The summed E-state index contributed by atoms with van der Waals surface area (Å²) >= 11 is 0. The van der Waals surface area contributed by atoms with Crippen molar-refractivity contribution in [3.05, 3.63) is 96.1 Å². The van der Waals surface area contributed by atoms with Crippen molar-refractivity contribution >= 4 is 0 Å². The van der Waals surface area contributed by atoms with E-state index in [1.54, 1.807) is 0 Å². The summed E-state index contributed by atoms with van der Waals surface area (Å²) in [5.74, 6) is 1.52. The summed E-state index contributed by atoms with van der Waals surface area (Å²) < 4.78 is 5.64. The zero-order valence-corrected chi connectivity index (χ0v) is 19.6. The van der Waals surface area contributed by atoms with E-state index in [4.69, 9.17) is 4.74 Å². The minimum atomic E-state index is 0.695. The maximum absolute atomic E-state index is 5.64. The molecule has 3 aromatic carbocycles. The first kappa shape index (κ1) is 22.6. The third kappa shape index (κ3) is 5.78. The van der Waals surface area contributed by atoms with E-state index in [9.17, 15) is 0 Å². The molecule has 32 heavy (non-hydrogen) atoms. The molecule has 166 valence electrons. The van der Waals surface area contributed by atoms with Crippen LogP contribution in [0.2, 0.25) is 0 Å². The third-order valence-corrected chi connectivity index (χ3v) is 6.74. The number of hydrogen-bond donors (Lipinski definition) is 0. The monoisotopic (exact) mass is 424 g/mol. The Morgan fingerprint density at radius 1 is 0.719 bits per heavy atom. The molecule has 1 aliphatic carbocycles. The molecule has 1 nitrogen and oxygen atoms in total. The van der Waals surface area contributed by atoms with Gasteiger partial charge in [-0.3, -0.25) is 0 Å². The molecule has 0 spiro atoms. The van der Waals surface area contributed by atoms with Crippen LogP contribution in [-0.2, 0) is 11.3 Å². The predicted octanol–water partition coefficient (Wildman–Crippen LogP) is 8.80. The average molecular weight is 425 g/mol. The molecule has 0 bridgehead atoms. The van der Waals surface area contributed by atoms with Crippen molar-refractivity contribution in [2.45, 2.75) is 58.5 Å². The third-order valence-electron chi connectivity index (χ3n) is 6.74. The Morgan fingerprint density at radius 3 is 1.72 bits per heavy atom. The van der Waals surface area contributed by atoms with E-state index >= 15 is 0 Å². The van der Waals surface area contributed by atoms with E-state index in [2.05, 4.69) is 98.8 Å². The molecule has 0 amide bonds. The molecular formula is C31H36O. The van der Waals surface area contributed by atoms with Gasteiger partial charge in [0.15, 0.2) is 0 Å². The zero-order valence-electron chi connectivity index (χ0n) is 19.6. The van der Waals surface area contributed by atoms with Crippen LogP contribution in [0.15, 0.2) is 84.9 Å². The van der Waals surface area contributed by atoms with Crippen molar-refractivity contribution in [2.75, 3.05) is 6.61 Å². The molecule has 1 saturated carbocycles. The lowest BCUT2D eigenvalue weighted by Gasteiger charge is -2.27. The maximum atomic E-state index is 5.64. The fourth-order valence-corrected chi connectivity index (χ4v) is 4.85. The molecule has 3 aromatic rings. The summed E-state index contributed by atoms with van der Waals surface area (Å²) in [4.78, 5) is 0. The molecule has 1 heteroatoms. The zero-order chi connectivity index (χ0) is 22.2. The van der Waals surface area contributed by atoms with E-state index < -0.39 is 0 Å². The van der Waals surface area contributed by atoms with Gasteiger partial charge in [0.05, 0.1) is 6.61 Å². The Labute approximate surface area is 194 Å². The molecule has 0 aromatic heterocycles. The molecule has 0 aliphatic heterocycles. The minimum absolute atomic E-state index is 0.695. The van der Waals surface area contributed by atoms with Gasteiger partial charge in [-0.05, 0) is 84.2 Å². The normalized spacial score (nSPS) is 18.8. The van der Waals surface area contributed by atoms with Crippen LogP contribution in [0.4, 0.5) is 0 Å². The Balaban J connectivity index is 1.38. The second-order valence-electron chi connectivity index (χ2n) is 9.09. The van der Waals surface area contributed by atoms with E-state index in [-0.39, 0.29) is 0 Å².